The minimum Gasteiger partial charge on any atom is -0.208 e. The van der Waals surface area contributed by atoms with Crippen molar-refractivity contribution >= 4 is 22.9 Å². The summed E-state index contributed by atoms with van der Waals surface area (Å²) in [6, 6.07) is 53.2. The van der Waals surface area contributed by atoms with E-state index in [1.807, 2.05) is 30.0 Å². The summed E-state index contributed by atoms with van der Waals surface area (Å²) in [5.41, 5.74) is 17.5. The maximum absolute atomic E-state index is 5.22. The first-order valence-corrected chi connectivity index (χ1v) is 21.2. The van der Waals surface area contributed by atoms with Gasteiger partial charge in [0.15, 0.2) is 17.5 Å². The smallest absolute Gasteiger partial charge is 0.164 e. The van der Waals surface area contributed by atoms with Crippen molar-refractivity contribution in [2.75, 3.05) is 0 Å². The fourth-order valence-electron chi connectivity index (χ4n) is 10.5. The lowest BCUT2D eigenvalue weighted by atomic mass is 9.68. The van der Waals surface area contributed by atoms with Crippen molar-refractivity contribution < 1.29 is 0 Å². The molecule has 0 saturated carbocycles. The van der Waals surface area contributed by atoms with Gasteiger partial charge >= 0.3 is 0 Å². The zero-order chi connectivity index (χ0) is 38.6. The predicted octanol–water partition coefficient (Wildman–Crippen LogP) is 13.3. The molecule has 0 N–H and O–H groups in total. The van der Waals surface area contributed by atoms with Crippen LogP contribution < -0.4 is 0 Å². The number of hydrogen-bond donors (Lipinski definition) is 0. The largest absolute Gasteiger partial charge is 0.208 e. The van der Waals surface area contributed by atoms with Gasteiger partial charge in [0, 0.05) is 31.9 Å². The summed E-state index contributed by atoms with van der Waals surface area (Å²) in [4.78, 5) is 18.1. The molecule has 0 fully saturated rings. The highest BCUT2D eigenvalue weighted by molar-refractivity contribution is 8.03. The van der Waals surface area contributed by atoms with Gasteiger partial charge < -0.3 is 0 Å². The van der Waals surface area contributed by atoms with E-state index < -0.39 is 0 Å². The topological polar surface area (TPSA) is 38.7 Å². The van der Waals surface area contributed by atoms with Crippen LogP contribution in [0.25, 0.3) is 56.2 Å². The average Bonchev–Trinajstić information content (AvgIpc) is 3.87. The maximum atomic E-state index is 5.22. The summed E-state index contributed by atoms with van der Waals surface area (Å²) in [6.45, 7) is 4.69. The second-order valence-corrected chi connectivity index (χ2v) is 17.6. The summed E-state index contributed by atoms with van der Waals surface area (Å²) < 4.78 is 0. The Balaban J connectivity index is 0.959. The van der Waals surface area contributed by atoms with E-state index in [0.29, 0.717) is 23.4 Å². The molecule has 4 heteroatoms. The maximum Gasteiger partial charge on any atom is 0.164 e. The van der Waals surface area contributed by atoms with Crippen LogP contribution in [0.2, 0.25) is 0 Å². The fourth-order valence-corrected chi connectivity index (χ4v) is 11.9. The molecule has 276 valence electrons. The third kappa shape index (κ3) is 4.73. The Labute approximate surface area is 343 Å². The van der Waals surface area contributed by atoms with Crippen LogP contribution in [-0.4, -0.2) is 15.0 Å². The Morgan fingerprint density at radius 3 is 1.95 bits per heavy atom. The van der Waals surface area contributed by atoms with E-state index in [1.165, 1.54) is 65.5 Å². The molecule has 3 atom stereocenters. The van der Waals surface area contributed by atoms with Crippen LogP contribution >= 0.6 is 11.8 Å². The van der Waals surface area contributed by atoms with E-state index in [9.17, 15) is 0 Å². The molecule has 1 aliphatic heterocycles. The lowest BCUT2D eigenvalue weighted by Gasteiger charge is -2.32. The van der Waals surface area contributed by atoms with E-state index in [4.69, 9.17) is 15.0 Å². The molecule has 0 saturated heterocycles. The number of benzene rings is 6. The molecule has 0 amide bonds. The van der Waals surface area contributed by atoms with Gasteiger partial charge in [0.05, 0.1) is 5.41 Å². The van der Waals surface area contributed by atoms with Gasteiger partial charge in [-0.2, -0.15) is 0 Å². The van der Waals surface area contributed by atoms with Crippen LogP contribution in [0.5, 0.6) is 0 Å². The van der Waals surface area contributed by atoms with E-state index in [0.717, 1.165) is 35.1 Å². The summed E-state index contributed by atoms with van der Waals surface area (Å²) in [6.07, 6.45) is 11.4. The van der Waals surface area contributed by atoms with Crippen molar-refractivity contribution in [2.45, 2.75) is 42.4 Å². The van der Waals surface area contributed by atoms with Crippen molar-refractivity contribution in [1.29, 1.82) is 0 Å². The Bertz CT molecular complexity index is 3010. The number of allylic oxidation sites excluding steroid dienone is 8. The fraction of sp³-hybridized carbons (Fsp3) is 0.130. The minimum atomic E-state index is -0.301. The molecule has 3 unspecified atom stereocenters. The summed E-state index contributed by atoms with van der Waals surface area (Å²) in [5, 5.41) is 0. The van der Waals surface area contributed by atoms with Crippen molar-refractivity contribution in [3.05, 3.63) is 214 Å². The molecule has 12 rings (SSSR count). The van der Waals surface area contributed by atoms with Gasteiger partial charge in [-0.1, -0.05) is 183 Å². The summed E-state index contributed by atoms with van der Waals surface area (Å²) in [7, 11) is 0. The highest BCUT2D eigenvalue weighted by Crippen LogP contribution is 2.64. The highest BCUT2D eigenvalue weighted by Gasteiger charge is 2.52. The molecule has 4 aliphatic carbocycles. The van der Waals surface area contributed by atoms with Gasteiger partial charge in [0.2, 0.25) is 0 Å². The molecular formula is C54H39N3S. The molecule has 2 heterocycles. The minimum absolute atomic E-state index is 0.102. The van der Waals surface area contributed by atoms with Crippen LogP contribution in [0.1, 0.15) is 60.3 Å². The number of aromatic nitrogens is 3. The first-order chi connectivity index (χ1) is 28.5. The monoisotopic (exact) mass is 761 g/mol. The van der Waals surface area contributed by atoms with Gasteiger partial charge in [0.1, 0.15) is 0 Å². The highest BCUT2D eigenvalue weighted by atomic mass is 32.2. The molecule has 6 aromatic carbocycles. The number of rotatable bonds is 4. The van der Waals surface area contributed by atoms with E-state index in [2.05, 4.69) is 166 Å². The molecule has 1 aromatic heterocycles. The standard InChI is InChI=1S/C54H39N3S/c1-33-22-28-45-41(31-33)38-15-6-8-18-43(38)54(45)44-19-9-7-16-39(44)42-32-37(27-29-46(42)54)34-23-25-36(26-24-34)51-55-50(35-13-4-3-5-14-35)56-52(57-51)40-17-12-30-53(2)47-20-10-11-21-48(47)58-49(40)53/h3-29,32-33H,30-31H2,1-2H3. The van der Waals surface area contributed by atoms with Crippen molar-refractivity contribution in [2.24, 2.45) is 5.92 Å². The number of hydrogen-bond acceptors (Lipinski definition) is 4. The van der Waals surface area contributed by atoms with Crippen molar-refractivity contribution in [3.8, 4) is 45.0 Å². The second kappa shape index (κ2) is 12.6. The Morgan fingerprint density at radius 2 is 1.16 bits per heavy atom. The van der Waals surface area contributed by atoms with Gasteiger partial charge in [-0.05, 0) is 92.1 Å². The first kappa shape index (κ1) is 33.7. The van der Waals surface area contributed by atoms with Crippen LogP contribution in [0, 0.1) is 5.92 Å². The quantitative estimate of drug-likeness (QED) is 0.179. The van der Waals surface area contributed by atoms with E-state index in [1.54, 1.807) is 0 Å². The van der Waals surface area contributed by atoms with E-state index >= 15 is 0 Å². The van der Waals surface area contributed by atoms with Crippen molar-refractivity contribution in [1.82, 2.24) is 15.0 Å². The third-order valence-corrected chi connectivity index (χ3v) is 14.6. The average molecular weight is 762 g/mol. The zero-order valence-electron chi connectivity index (χ0n) is 32.4. The first-order valence-electron chi connectivity index (χ1n) is 20.4. The summed E-state index contributed by atoms with van der Waals surface area (Å²) >= 11 is 1.86. The van der Waals surface area contributed by atoms with E-state index in [-0.39, 0.29) is 10.8 Å². The van der Waals surface area contributed by atoms with Crippen molar-refractivity contribution in [3.63, 3.8) is 0 Å². The normalized spacial score (nSPS) is 21.8. The second-order valence-electron chi connectivity index (χ2n) is 16.6. The van der Waals surface area contributed by atoms with Crippen LogP contribution in [0.3, 0.4) is 0 Å². The number of thioether (sulfide) groups is 1. The lowest BCUT2D eigenvalue weighted by molar-refractivity contribution is 0.590. The van der Waals surface area contributed by atoms with Gasteiger partial charge in [0.25, 0.3) is 0 Å². The lowest BCUT2D eigenvalue weighted by Crippen LogP contribution is -2.27. The number of fused-ring (bicyclic) bond motifs is 12. The Kier molecular flexibility index (Phi) is 7.31. The molecule has 1 spiro atoms. The molecule has 58 heavy (non-hydrogen) atoms. The van der Waals surface area contributed by atoms with Crippen LogP contribution in [0.15, 0.2) is 185 Å². The number of nitrogens with zero attached hydrogens (tertiary/aromatic N) is 3. The van der Waals surface area contributed by atoms with Crippen LogP contribution in [0.4, 0.5) is 0 Å². The third-order valence-electron chi connectivity index (χ3n) is 13.2. The SMILES string of the molecule is CC1C=CC2=C(C1)c1ccccc1C21c2ccccc2-c2cc(-c3ccc(-c4nc(C5=C6Sc7ccccc7C6(C)CC=C5)nc(-c5ccccc5)n4)cc3)ccc21. The predicted molar refractivity (Wildman–Crippen MR) is 238 cm³/mol. The van der Waals surface area contributed by atoms with Crippen LogP contribution in [-0.2, 0) is 10.8 Å². The molecule has 0 bridgehead atoms. The summed E-state index contributed by atoms with van der Waals surface area (Å²) in [5.74, 6) is 2.59. The Hall–Kier alpha value is -6.36. The molecule has 0 radical (unpaired) electrons. The van der Waals surface area contributed by atoms with Gasteiger partial charge in [-0.25, -0.2) is 15.0 Å². The zero-order valence-corrected chi connectivity index (χ0v) is 33.2. The Morgan fingerprint density at radius 1 is 0.552 bits per heavy atom. The molecular weight excluding hydrogens is 723 g/mol. The van der Waals surface area contributed by atoms with Gasteiger partial charge in [-0.15, -0.1) is 0 Å². The molecule has 5 aliphatic rings. The molecule has 3 nitrogen and oxygen atoms in total. The molecule has 7 aromatic rings. The van der Waals surface area contributed by atoms with Gasteiger partial charge in [-0.3, -0.25) is 0 Å².